The van der Waals surface area contributed by atoms with Gasteiger partial charge in [0.15, 0.2) is 5.82 Å². The molecule has 7 heteroatoms. The Morgan fingerprint density at radius 3 is 2.50 bits per heavy atom. The molecule has 3 aromatic heterocycles. The van der Waals surface area contributed by atoms with E-state index in [1.165, 1.54) is 6.20 Å². The zero-order valence-corrected chi connectivity index (χ0v) is 15.5. The number of rotatable bonds is 1. The molecule has 2 atom stereocenters. The summed E-state index contributed by atoms with van der Waals surface area (Å²) in [4.78, 5) is 11.0. The van der Waals surface area contributed by atoms with Gasteiger partial charge >= 0.3 is 0 Å². The Morgan fingerprint density at radius 2 is 1.85 bits per heavy atom. The number of hydrogen-bond acceptors (Lipinski definition) is 4. The largest absolute Gasteiger partial charge is 0.392 e. The first-order valence-corrected chi connectivity index (χ1v) is 8.97. The van der Waals surface area contributed by atoms with E-state index in [1.54, 1.807) is 30.6 Å². The molecule has 0 amide bonds. The van der Waals surface area contributed by atoms with E-state index in [-0.39, 0.29) is 11.9 Å². The van der Waals surface area contributed by atoms with E-state index in [0.29, 0.717) is 39.1 Å². The lowest BCUT2D eigenvalue weighted by Gasteiger charge is -2.30. The van der Waals surface area contributed by atoms with Gasteiger partial charge in [-0.15, -0.1) is 0 Å². The molecule has 3 aromatic rings. The van der Waals surface area contributed by atoms with Gasteiger partial charge in [0.05, 0.1) is 17.2 Å². The molecule has 0 bridgehead atoms. The van der Waals surface area contributed by atoms with Crippen LogP contribution in [0.4, 0.5) is 4.39 Å². The van der Waals surface area contributed by atoms with Gasteiger partial charge in [0.1, 0.15) is 5.65 Å². The molecular weight excluding hydrogens is 355 g/mol. The Labute approximate surface area is 156 Å². The van der Waals surface area contributed by atoms with E-state index >= 15 is 0 Å². The van der Waals surface area contributed by atoms with Crippen molar-refractivity contribution in [3.63, 3.8) is 0 Å². The number of aliphatic hydroxyl groups is 1. The van der Waals surface area contributed by atoms with Crippen molar-refractivity contribution >= 4 is 22.6 Å². The molecule has 1 saturated heterocycles. The maximum atomic E-state index is 13.7. The van der Waals surface area contributed by atoms with Crippen LogP contribution in [0.2, 0.25) is 5.02 Å². The summed E-state index contributed by atoms with van der Waals surface area (Å²) in [5.74, 6) is 0.507. The quantitative estimate of drug-likeness (QED) is 0.606. The molecule has 0 saturated carbocycles. The molecule has 0 aromatic carbocycles. The fourth-order valence-corrected chi connectivity index (χ4v) is 3.28. The fourth-order valence-electron chi connectivity index (χ4n) is 3.12. The zero-order valence-electron chi connectivity index (χ0n) is 14.7. The van der Waals surface area contributed by atoms with Gasteiger partial charge in [-0.2, -0.15) is 0 Å². The maximum Gasteiger partial charge on any atom is 0.150 e. The first kappa shape index (κ1) is 18.8. The minimum Gasteiger partial charge on any atom is -0.392 e. The van der Waals surface area contributed by atoms with Crippen molar-refractivity contribution in [1.82, 2.24) is 20.3 Å². The van der Waals surface area contributed by atoms with Crippen molar-refractivity contribution in [2.75, 3.05) is 13.1 Å². The summed E-state index contributed by atoms with van der Waals surface area (Å²) in [6.07, 6.45) is 4.39. The van der Waals surface area contributed by atoms with Gasteiger partial charge in [0.25, 0.3) is 0 Å². The number of pyridine rings is 2. The third kappa shape index (κ3) is 4.03. The van der Waals surface area contributed by atoms with Crippen molar-refractivity contribution in [3.8, 4) is 11.3 Å². The normalized spacial score (nSPS) is 22.7. The zero-order chi connectivity index (χ0) is 18.7. The highest BCUT2D eigenvalue weighted by atomic mass is 35.5. The van der Waals surface area contributed by atoms with E-state index in [1.807, 2.05) is 0 Å². The van der Waals surface area contributed by atoms with Crippen LogP contribution in [0.25, 0.3) is 22.3 Å². The van der Waals surface area contributed by atoms with Crippen LogP contribution in [0.1, 0.15) is 13.8 Å². The average Bonchev–Trinajstić information content (AvgIpc) is 3.02. The van der Waals surface area contributed by atoms with Gasteiger partial charge in [0, 0.05) is 42.3 Å². The summed E-state index contributed by atoms with van der Waals surface area (Å²) in [5, 5.41) is 13.7. The monoisotopic (exact) mass is 376 g/mol. The molecule has 0 radical (unpaired) electrons. The lowest BCUT2D eigenvalue weighted by atomic mass is 9.90. The number of aromatic nitrogens is 3. The number of halogens is 2. The number of aromatic amines is 1. The van der Waals surface area contributed by atoms with E-state index in [0.717, 1.165) is 13.1 Å². The minimum absolute atomic E-state index is 0.0914. The standard InChI is InChI=1S/C12H7ClFN3.C7H15NO/c13-7-1-3-15-10(5-7)8-2-4-16-12-11(8)9(14)6-17-12;1-5-3-8-4-6(2)7(5)9/h1-6H,(H,16,17);5-9H,3-4H2,1-2H3. The summed E-state index contributed by atoms with van der Waals surface area (Å²) in [7, 11) is 0. The van der Waals surface area contributed by atoms with Crippen molar-refractivity contribution in [3.05, 3.63) is 47.6 Å². The number of piperidine rings is 1. The van der Waals surface area contributed by atoms with Gasteiger partial charge in [-0.25, -0.2) is 9.37 Å². The first-order chi connectivity index (χ1) is 12.5. The third-order valence-corrected chi connectivity index (χ3v) is 4.86. The van der Waals surface area contributed by atoms with Crippen LogP contribution in [-0.2, 0) is 0 Å². The van der Waals surface area contributed by atoms with Crippen LogP contribution in [0, 0.1) is 17.7 Å². The highest BCUT2D eigenvalue weighted by molar-refractivity contribution is 6.30. The number of hydrogen-bond donors (Lipinski definition) is 3. The molecule has 5 nitrogen and oxygen atoms in total. The number of nitrogens with zero attached hydrogens (tertiary/aromatic N) is 2. The second-order valence-corrected chi connectivity index (χ2v) is 7.12. The highest BCUT2D eigenvalue weighted by Crippen LogP contribution is 2.28. The Morgan fingerprint density at radius 1 is 1.15 bits per heavy atom. The van der Waals surface area contributed by atoms with E-state index < -0.39 is 0 Å². The van der Waals surface area contributed by atoms with E-state index in [9.17, 15) is 9.50 Å². The Hall–Kier alpha value is -2.02. The Balaban J connectivity index is 0.000000185. The number of nitrogens with one attached hydrogen (secondary N) is 2. The molecule has 0 spiro atoms. The maximum absolute atomic E-state index is 13.7. The third-order valence-electron chi connectivity index (χ3n) is 4.62. The molecule has 0 aliphatic carbocycles. The van der Waals surface area contributed by atoms with E-state index in [2.05, 4.69) is 34.1 Å². The molecule has 3 N–H and O–H groups in total. The molecule has 1 aliphatic heterocycles. The molecule has 26 heavy (non-hydrogen) atoms. The number of fused-ring (bicyclic) bond motifs is 1. The summed E-state index contributed by atoms with van der Waals surface area (Å²) < 4.78 is 13.7. The van der Waals surface area contributed by atoms with Crippen LogP contribution in [-0.4, -0.2) is 39.3 Å². The van der Waals surface area contributed by atoms with Crippen molar-refractivity contribution in [2.45, 2.75) is 20.0 Å². The first-order valence-electron chi connectivity index (χ1n) is 8.59. The van der Waals surface area contributed by atoms with Crippen LogP contribution in [0.3, 0.4) is 0 Å². The van der Waals surface area contributed by atoms with Gasteiger partial charge < -0.3 is 15.4 Å². The van der Waals surface area contributed by atoms with Crippen molar-refractivity contribution in [1.29, 1.82) is 0 Å². The molecule has 1 aliphatic rings. The van der Waals surface area contributed by atoms with Gasteiger partial charge in [-0.05, 0) is 30.0 Å². The number of aliphatic hydroxyl groups excluding tert-OH is 1. The second-order valence-electron chi connectivity index (χ2n) is 6.68. The van der Waals surface area contributed by atoms with Gasteiger partial charge in [0.2, 0.25) is 0 Å². The topological polar surface area (TPSA) is 73.8 Å². The fraction of sp³-hybridized carbons (Fsp3) is 0.368. The predicted molar refractivity (Wildman–Crippen MR) is 101 cm³/mol. The van der Waals surface area contributed by atoms with Crippen LogP contribution < -0.4 is 5.32 Å². The number of H-pyrrole nitrogens is 1. The lowest BCUT2D eigenvalue weighted by molar-refractivity contribution is 0.0434. The molecule has 4 rings (SSSR count). The lowest BCUT2D eigenvalue weighted by Crippen LogP contribution is -2.44. The minimum atomic E-state index is -0.343. The highest BCUT2D eigenvalue weighted by Gasteiger charge is 2.24. The van der Waals surface area contributed by atoms with Crippen LogP contribution in [0.5, 0.6) is 0 Å². The molecule has 138 valence electrons. The summed E-state index contributed by atoms with van der Waals surface area (Å²) in [6, 6.07) is 5.09. The predicted octanol–water partition coefficient (Wildman–Crippen LogP) is 3.64. The summed E-state index contributed by atoms with van der Waals surface area (Å²) in [6.45, 7) is 6.08. The van der Waals surface area contributed by atoms with E-state index in [4.69, 9.17) is 11.6 Å². The second kappa shape index (κ2) is 8.12. The SMILES string of the molecule is CC1CNCC(C)C1O.Fc1c[nH]c2nccc(-c3cc(Cl)ccn3)c12. The molecule has 1 fully saturated rings. The smallest absolute Gasteiger partial charge is 0.150 e. The van der Waals surface area contributed by atoms with Crippen LogP contribution >= 0.6 is 11.6 Å². The summed E-state index contributed by atoms with van der Waals surface area (Å²) in [5.41, 5.74) is 1.81. The average molecular weight is 377 g/mol. The Kier molecular flexibility index (Phi) is 5.86. The molecule has 2 unspecified atom stereocenters. The van der Waals surface area contributed by atoms with Gasteiger partial charge in [-0.1, -0.05) is 25.4 Å². The van der Waals surface area contributed by atoms with Crippen molar-refractivity contribution in [2.24, 2.45) is 11.8 Å². The molecule has 4 heterocycles. The summed E-state index contributed by atoms with van der Waals surface area (Å²) >= 11 is 5.90. The van der Waals surface area contributed by atoms with Crippen molar-refractivity contribution < 1.29 is 9.50 Å². The molecular formula is C19H22ClFN4O. The Bertz CT molecular complexity index is 875. The van der Waals surface area contributed by atoms with Crippen LogP contribution in [0.15, 0.2) is 36.8 Å². The van der Waals surface area contributed by atoms with Gasteiger partial charge in [-0.3, -0.25) is 4.98 Å².